The van der Waals surface area contributed by atoms with Crippen LogP contribution in [0.3, 0.4) is 0 Å². The molecular weight excluding hydrogens is 344 g/mol. The van der Waals surface area contributed by atoms with E-state index in [9.17, 15) is 4.79 Å². The van der Waals surface area contributed by atoms with Gasteiger partial charge in [0.15, 0.2) is 0 Å². The van der Waals surface area contributed by atoms with Crippen molar-refractivity contribution in [2.24, 2.45) is 0 Å². The van der Waals surface area contributed by atoms with Gasteiger partial charge in [-0.1, -0.05) is 24.3 Å². The Morgan fingerprint density at radius 3 is 2.81 bits per heavy atom. The van der Waals surface area contributed by atoms with E-state index < -0.39 is 0 Å². The molecule has 0 aliphatic carbocycles. The van der Waals surface area contributed by atoms with E-state index in [1.54, 1.807) is 18.4 Å². The van der Waals surface area contributed by atoms with Crippen LogP contribution in [0.15, 0.2) is 48.5 Å². The van der Waals surface area contributed by atoms with Crippen LogP contribution in [0.2, 0.25) is 0 Å². The number of para-hydroxylation sites is 1. The monoisotopic (exact) mass is 366 g/mol. The molecule has 1 amide bonds. The summed E-state index contributed by atoms with van der Waals surface area (Å²) >= 11 is 1.76. The quantitative estimate of drug-likeness (QED) is 0.684. The highest BCUT2D eigenvalue weighted by Crippen LogP contribution is 2.33. The van der Waals surface area contributed by atoms with Crippen LogP contribution in [0, 0.1) is 0 Å². The van der Waals surface area contributed by atoms with E-state index in [4.69, 9.17) is 9.72 Å². The summed E-state index contributed by atoms with van der Waals surface area (Å²) in [6, 6.07) is 16.0. The van der Waals surface area contributed by atoms with Gasteiger partial charge in [-0.05, 0) is 42.7 Å². The van der Waals surface area contributed by atoms with Crippen molar-refractivity contribution in [2.75, 3.05) is 20.2 Å². The zero-order valence-electron chi connectivity index (χ0n) is 14.9. The number of benzene rings is 2. The number of rotatable bonds is 4. The largest absolute Gasteiger partial charge is 0.380 e. The van der Waals surface area contributed by atoms with Crippen molar-refractivity contribution < 1.29 is 9.53 Å². The molecule has 3 aromatic rings. The first-order chi connectivity index (χ1) is 12.7. The molecule has 4 nitrogen and oxygen atoms in total. The Kier molecular flexibility index (Phi) is 5.00. The number of carbonyl (C=O) groups is 1. The standard InChI is InChI=1S/C21H22N2O2S/c1-25-14-15-8-10-16(11-9-15)21(24)23-12-4-5-17(13-23)20-22-18-6-2-3-7-19(18)26-20/h2-3,6-11,17H,4-5,12-14H2,1H3. The molecule has 1 unspecified atom stereocenters. The number of likely N-dealkylation sites (tertiary alicyclic amines) is 1. The molecule has 134 valence electrons. The molecule has 26 heavy (non-hydrogen) atoms. The van der Waals surface area contributed by atoms with Crippen molar-refractivity contribution in [3.8, 4) is 0 Å². The zero-order valence-corrected chi connectivity index (χ0v) is 15.7. The molecule has 0 spiro atoms. The first-order valence-corrected chi connectivity index (χ1v) is 9.79. The molecule has 5 heteroatoms. The van der Waals surface area contributed by atoms with Crippen LogP contribution in [0.25, 0.3) is 10.2 Å². The molecule has 1 aromatic heterocycles. The number of nitrogens with zero attached hydrogens (tertiary/aromatic N) is 2. The molecule has 0 bridgehead atoms. The number of hydrogen-bond acceptors (Lipinski definition) is 4. The predicted molar refractivity (Wildman–Crippen MR) is 105 cm³/mol. The fraction of sp³-hybridized carbons (Fsp3) is 0.333. The third-order valence-corrected chi connectivity index (χ3v) is 6.08. The molecule has 1 saturated heterocycles. The number of fused-ring (bicyclic) bond motifs is 1. The number of carbonyl (C=O) groups excluding carboxylic acids is 1. The Morgan fingerprint density at radius 2 is 2.04 bits per heavy atom. The number of amides is 1. The molecule has 0 N–H and O–H groups in total. The normalized spacial score (nSPS) is 17.6. The second-order valence-corrected chi connectivity index (χ2v) is 7.80. The van der Waals surface area contributed by atoms with Gasteiger partial charge in [-0.2, -0.15) is 0 Å². The molecule has 1 aliphatic heterocycles. The average Bonchev–Trinajstić information content (AvgIpc) is 3.13. The smallest absolute Gasteiger partial charge is 0.253 e. The van der Waals surface area contributed by atoms with E-state index >= 15 is 0 Å². The highest BCUT2D eigenvalue weighted by molar-refractivity contribution is 7.18. The van der Waals surface area contributed by atoms with Crippen LogP contribution in [0.4, 0.5) is 0 Å². The van der Waals surface area contributed by atoms with Gasteiger partial charge in [0.25, 0.3) is 5.91 Å². The molecule has 4 rings (SSSR count). The maximum absolute atomic E-state index is 12.9. The first-order valence-electron chi connectivity index (χ1n) is 8.97. The van der Waals surface area contributed by atoms with E-state index in [1.165, 1.54) is 4.70 Å². The number of methoxy groups -OCH3 is 1. The highest BCUT2D eigenvalue weighted by atomic mass is 32.1. The Bertz CT molecular complexity index is 871. The van der Waals surface area contributed by atoms with Crippen molar-refractivity contribution >= 4 is 27.5 Å². The Hall–Kier alpha value is -2.24. The lowest BCUT2D eigenvalue weighted by Crippen LogP contribution is -2.39. The summed E-state index contributed by atoms with van der Waals surface area (Å²) in [5, 5.41) is 1.15. The summed E-state index contributed by atoms with van der Waals surface area (Å²) in [5.41, 5.74) is 2.88. The van der Waals surface area contributed by atoms with Crippen LogP contribution in [0.1, 0.15) is 39.7 Å². The lowest BCUT2D eigenvalue weighted by Gasteiger charge is -2.32. The van der Waals surface area contributed by atoms with Gasteiger partial charge in [-0.25, -0.2) is 4.98 Å². The van der Waals surface area contributed by atoms with Crippen LogP contribution >= 0.6 is 11.3 Å². The highest BCUT2D eigenvalue weighted by Gasteiger charge is 2.27. The molecule has 1 fully saturated rings. The molecule has 2 heterocycles. The molecular formula is C21H22N2O2S. The summed E-state index contributed by atoms with van der Waals surface area (Å²) in [5.74, 6) is 0.442. The summed E-state index contributed by atoms with van der Waals surface area (Å²) in [6.07, 6.45) is 2.12. The molecule has 2 aromatic carbocycles. The first kappa shape index (κ1) is 17.2. The fourth-order valence-corrected chi connectivity index (χ4v) is 4.61. The third kappa shape index (κ3) is 3.50. The number of aromatic nitrogens is 1. The summed E-state index contributed by atoms with van der Waals surface area (Å²) in [4.78, 5) is 19.7. The molecule has 1 aliphatic rings. The van der Waals surface area contributed by atoms with Gasteiger partial charge in [-0.15, -0.1) is 11.3 Å². The number of hydrogen-bond donors (Lipinski definition) is 0. The Labute approximate surface area is 157 Å². The van der Waals surface area contributed by atoms with Crippen LogP contribution < -0.4 is 0 Å². The minimum atomic E-state index is 0.111. The third-order valence-electron chi connectivity index (χ3n) is 4.88. The van der Waals surface area contributed by atoms with E-state index in [0.29, 0.717) is 12.5 Å². The van der Waals surface area contributed by atoms with Gasteiger partial charge < -0.3 is 9.64 Å². The Balaban J connectivity index is 1.49. The van der Waals surface area contributed by atoms with Crippen molar-refractivity contribution in [1.82, 2.24) is 9.88 Å². The van der Waals surface area contributed by atoms with Gasteiger partial charge in [-0.3, -0.25) is 4.79 Å². The van der Waals surface area contributed by atoms with Gasteiger partial charge in [0.05, 0.1) is 21.8 Å². The van der Waals surface area contributed by atoms with E-state index in [0.717, 1.165) is 47.6 Å². The number of ether oxygens (including phenoxy) is 1. The maximum Gasteiger partial charge on any atom is 0.253 e. The zero-order chi connectivity index (χ0) is 17.9. The van der Waals surface area contributed by atoms with Crippen molar-refractivity contribution in [1.29, 1.82) is 0 Å². The van der Waals surface area contributed by atoms with E-state index in [2.05, 4.69) is 12.1 Å². The topological polar surface area (TPSA) is 42.4 Å². The lowest BCUT2D eigenvalue weighted by atomic mass is 9.98. The van der Waals surface area contributed by atoms with Gasteiger partial charge in [0.1, 0.15) is 0 Å². The number of piperidine rings is 1. The fourth-order valence-electron chi connectivity index (χ4n) is 3.52. The minimum Gasteiger partial charge on any atom is -0.380 e. The van der Waals surface area contributed by atoms with Crippen molar-refractivity contribution in [3.05, 3.63) is 64.7 Å². The second-order valence-electron chi connectivity index (χ2n) is 6.74. The van der Waals surface area contributed by atoms with Crippen LogP contribution in [-0.2, 0) is 11.3 Å². The van der Waals surface area contributed by atoms with Crippen molar-refractivity contribution in [3.63, 3.8) is 0 Å². The van der Waals surface area contributed by atoms with Crippen LogP contribution in [0.5, 0.6) is 0 Å². The predicted octanol–water partition coefficient (Wildman–Crippen LogP) is 4.46. The summed E-state index contributed by atoms with van der Waals surface area (Å²) in [7, 11) is 1.68. The van der Waals surface area contributed by atoms with Crippen LogP contribution in [-0.4, -0.2) is 36.0 Å². The second kappa shape index (κ2) is 7.56. The molecule has 0 saturated carbocycles. The lowest BCUT2D eigenvalue weighted by molar-refractivity contribution is 0.0707. The number of thiazole rings is 1. The summed E-state index contributed by atoms with van der Waals surface area (Å²) in [6.45, 7) is 2.14. The van der Waals surface area contributed by atoms with E-state index in [-0.39, 0.29) is 5.91 Å². The van der Waals surface area contributed by atoms with Crippen molar-refractivity contribution in [2.45, 2.75) is 25.4 Å². The minimum absolute atomic E-state index is 0.111. The SMILES string of the molecule is COCc1ccc(C(=O)N2CCCC(c3nc4ccccc4s3)C2)cc1. The Morgan fingerprint density at radius 1 is 1.23 bits per heavy atom. The van der Waals surface area contributed by atoms with Gasteiger partial charge in [0, 0.05) is 31.7 Å². The van der Waals surface area contributed by atoms with E-state index in [1.807, 2.05) is 41.3 Å². The average molecular weight is 366 g/mol. The summed E-state index contributed by atoms with van der Waals surface area (Å²) < 4.78 is 6.35. The molecule has 0 radical (unpaired) electrons. The maximum atomic E-state index is 12.9. The van der Waals surface area contributed by atoms with Gasteiger partial charge >= 0.3 is 0 Å². The van der Waals surface area contributed by atoms with Gasteiger partial charge in [0.2, 0.25) is 0 Å². The molecule has 1 atom stereocenters.